The van der Waals surface area contributed by atoms with Gasteiger partial charge >= 0.3 is 0 Å². The van der Waals surface area contributed by atoms with Crippen molar-refractivity contribution in [2.45, 2.75) is 31.3 Å². The van der Waals surface area contributed by atoms with E-state index in [1.54, 1.807) is 29.9 Å². The average molecular weight is 483 g/mol. The van der Waals surface area contributed by atoms with Crippen molar-refractivity contribution in [3.8, 4) is 0 Å². The molecule has 33 heavy (non-hydrogen) atoms. The minimum Gasteiger partial charge on any atom is -0.347 e. The third-order valence-corrected chi connectivity index (χ3v) is 8.24. The molecule has 1 aliphatic heterocycles. The number of aryl methyl sites for hydroxylation is 2. The summed E-state index contributed by atoms with van der Waals surface area (Å²) >= 11 is 0.983. The van der Waals surface area contributed by atoms with Crippen molar-refractivity contribution < 1.29 is 13.2 Å². The van der Waals surface area contributed by atoms with Gasteiger partial charge in [-0.3, -0.25) is 9.48 Å². The van der Waals surface area contributed by atoms with Crippen LogP contribution in [0.25, 0.3) is 11.0 Å². The van der Waals surface area contributed by atoms with Crippen molar-refractivity contribution in [2.75, 3.05) is 6.54 Å². The van der Waals surface area contributed by atoms with E-state index < -0.39 is 10.0 Å². The molecule has 0 saturated heterocycles. The van der Waals surface area contributed by atoms with Crippen LogP contribution in [0.15, 0.2) is 47.4 Å². The summed E-state index contributed by atoms with van der Waals surface area (Å²) in [4.78, 5) is 13.1. The zero-order valence-electron chi connectivity index (χ0n) is 18.1. The molecular weight excluding hydrogens is 460 g/mol. The molecule has 170 valence electrons. The van der Waals surface area contributed by atoms with Gasteiger partial charge in [-0.05, 0) is 24.6 Å². The molecule has 1 aliphatic rings. The number of carbonyl (C=O) groups excluding carboxylic acids is 1. The van der Waals surface area contributed by atoms with Gasteiger partial charge in [0.1, 0.15) is 15.9 Å². The Bertz CT molecular complexity index is 1470. The lowest BCUT2D eigenvalue weighted by atomic mass is 10.1. The van der Waals surface area contributed by atoms with Crippen LogP contribution in [0.1, 0.15) is 32.9 Å². The van der Waals surface area contributed by atoms with Crippen LogP contribution in [0.5, 0.6) is 0 Å². The highest BCUT2D eigenvalue weighted by Crippen LogP contribution is 2.30. The lowest BCUT2D eigenvalue weighted by Crippen LogP contribution is -2.37. The highest BCUT2D eigenvalue weighted by molar-refractivity contribution is 7.89. The first-order valence-corrected chi connectivity index (χ1v) is 12.6. The van der Waals surface area contributed by atoms with Gasteiger partial charge in [-0.1, -0.05) is 35.9 Å². The number of carbonyl (C=O) groups is 1. The van der Waals surface area contributed by atoms with Crippen LogP contribution in [-0.4, -0.2) is 43.7 Å². The van der Waals surface area contributed by atoms with Crippen molar-refractivity contribution in [1.82, 2.24) is 28.1 Å². The Balaban J connectivity index is 1.42. The molecule has 0 unspecified atom stereocenters. The number of nitrogens with zero attached hydrogens (tertiary/aromatic N) is 5. The molecule has 2 aromatic heterocycles. The smallest absolute Gasteiger partial charge is 0.272 e. The Morgan fingerprint density at radius 2 is 2.00 bits per heavy atom. The van der Waals surface area contributed by atoms with Gasteiger partial charge in [0.25, 0.3) is 5.91 Å². The van der Waals surface area contributed by atoms with Crippen LogP contribution in [0.4, 0.5) is 0 Å². The molecule has 1 amide bonds. The first kappa shape index (κ1) is 21.7. The van der Waals surface area contributed by atoms with E-state index in [4.69, 9.17) is 0 Å². The predicted molar refractivity (Wildman–Crippen MR) is 124 cm³/mol. The summed E-state index contributed by atoms with van der Waals surface area (Å²) in [7, 11) is -2.05. The van der Waals surface area contributed by atoms with Gasteiger partial charge in [-0.15, -0.1) is 0 Å². The van der Waals surface area contributed by atoms with Crippen molar-refractivity contribution in [3.05, 3.63) is 70.5 Å². The molecular formula is C22H22N6O3S2. The lowest BCUT2D eigenvalue weighted by molar-refractivity contribution is 0.0943. The largest absolute Gasteiger partial charge is 0.347 e. The minimum absolute atomic E-state index is 0.0761. The lowest BCUT2D eigenvalue weighted by Gasteiger charge is -2.27. The number of nitrogens with one attached hydrogen (secondary N) is 1. The number of amides is 1. The number of hydrogen-bond acceptors (Lipinski definition) is 7. The van der Waals surface area contributed by atoms with E-state index in [0.29, 0.717) is 36.1 Å². The van der Waals surface area contributed by atoms with E-state index in [9.17, 15) is 13.2 Å². The molecule has 0 fully saturated rings. The molecule has 0 atom stereocenters. The Labute approximate surface area is 195 Å². The summed E-state index contributed by atoms with van der Waals surface area (Å²) in [6.07, 6.45) is 0.467. The van der Waals surface area contributed by atoms with Crippen LogP contribution >= 0.6 is 11.7 Å². The predicted octanol–water partition coefficient (Wildman–Crippen LogP) is 2.41. The number of benzene rings is 2. The quantitative estimate of drug-likeness (QED) is 0.468. The van der Waals surface area contributed by atoms with E-state index in [-0.39, 0.29) is 23.0 Å². The summed E-state index contributed by atoms with van der Waals surface area (Å²) in [6.45, 7) is 2.74. The fourth-order valence-electron chi connectivity index (χ4n) is 4.17. The topological polar surface area (TPSA) is 110 Å². The molecule has 5 rings (SSSR count). The number of aromatic nitrogens is 4. The van der Waals surface area contributed by atoms with Crippen LogP contribution in [0.2, 0.25) is 0 Å². The molecule has 4 aromatic rings. The Kier molecular flexibility index (Phi) is 5.47. The van der Waals surface area contributed by atoms with Crippen molar-refractivity contribution >= 4 is 38.7 Å². The van der Waals surface area contributed by atoms with Gasteiger partial charge in [0, 0.05) is 44.4 Å². The van der Waals surface area contributed by atoms with Gasteiger partial charge < -0.3 is 5.32 Å². The minimum atomic E-state index is -3.83. The third-order valence-electron chi connectivity index (χ3n) is 5.82. The Hall–Kier alpha value is -3.15. The standard InChI is InChI=1S/C22H22N6O3S2/c1-14-5-3-6-15(11-14)12-23-22(29)20-16-13-28(10-9-18(16)27(2)24-20)33(30,31)19-8-4-7-17-21(19)26-32-25-17/h3-8,11H,9-10,12-13H2,1-2H3,(H,23,29). The Morgan fingerprint density at radius 1 is 1.18 bits per heavy atom. The first-order chi connectivity index (χ1) is 15.8. The van der Waals surface area contributed by atoms with Gasteiger partial charge in [0.2, 0.25) is 10.0 Å². The molecule has 0 aliphatic carbocycles. The zero-order chi connectivity index (χ0) is 23.2. The third kappa shape index (κ3) is 3.92. The monoisotopic (exact) mass is 482 g/mol. The Morgan fingerprint density at radius 3 is 2.82 bits per heavy atom. The van der Waals surface area contributed by atoms with Gasteiger partial charge in [-0.25, -0.2) is 8.42 Å². The zero-order valence-corrected chi connectivity index (χ0v) is 19.8. The number of sulfonamides is 1. The van der Waals surface area contributed by atoms with Gasteiger partial charge in [0.15, 0.2) is 5.69 Å². The maximum atomic E-state index is 13.5. The second-order valence-electron chi connectivity index (χ2n) is 8.05. The highest BCUT2D eigenvalue weighted by atomic mass is 32.2. The van der Waals surface area contributed by atoms with Crippen LogP contribution in [-0.2, 0) is 36.6 Å². The molecule has 2 aromatic carbocycles. The molecule has 0 bridgehead atoms. The fraction of sp³-hybridized carbons (Fsp3) is 0.273. The van der Waals surface area contributed by atoms with Crippen LogP contribution in [0.3, 0.4) is 0 Å². The maximum Gasteiger partial charge on any atom is 0.272 e. The SMILES string of the molecule is Cc1cccc(CNC(=O)c2nn(C)c3c2CN(S(=O)(=O)c2cccc4nsnc24)CC3)c1. The molecule has 0 radical (unpaired) electrons. The van der Waals surface area contributed by atoms with Gasteiger partial charge in [-0.2, -0.15) is 18.2 Å². The van der Waals surface area contributed by atoms with Crippen LogP contribution < -0.4 is 5.32 Å². The molecule has 0 saturated carbocycles. The average Bonchev–Trinajstić information content (AvgIpc) is 3.41. The maximum absolute atomic E-state index is 13.5. The fourth-order valence-corrected chi connectivity index (χ4v) is 6.33. The number of fused-ring (bicyclic) bond motifs is 2. The normalized spacial score (nSPS) is 14.4. The van der Waals surface area contributed by atoms with E-state index >= 15 is 0 Å². The molecule has 9 nitrogen and oxygen atoms in total. The first-order valence-electron chi connectivity index (χ1n) is 10.4. The van der Waals surface area contributed by atoms with E-state index in [0.717, 1.165) is 28.5 Å². The highest BCUT2D eigenvalue weighted by Gasteiger charge is 2.34. The summed E-state index contributed by atoms with van der Waals surface area (Å²) in [5, 5.41) is 7.33. The molecule has 3 heterocycles. The second-order valence-corrected chi connectivity index (χ2v) is 10.5. The van der Waals surface area contributed by atoms with Crippen molar-refractivity contribution in [1.29, 1.82) is 0 Å². The summed E-state index contributed by atoms with van der Waals surface area (Å²) in [5.74, 6) is -0.321. The van der Waals surface area contributed by atoms with E-state index in [1.807, 2.05) is 31.2 Å². The van der Waals surface area contributed by atoms with Crippen molar-refractivity contribution in [2.24, 2.45) is 7.05 Å². The molecule has 0 spiro atoms. The summed E-state index contributed by atoms with van der Waals surface area (Å²) in [5.41, 5.74) is 4.79. The summed E-state index contributed by atoms with van der Waals surface area (Å²) in [6, 6.07) is 12.9. The van der Waals surface area contributed by atoms with E-state index in [1.165, 1.54) is 4.31 Å². The number of hydrogen-bond donors (Lipinski definition) is 1. The van der Waals surface area contributed by atoms with Crippen LogP contribution in [0, 0.1) is 6.92 Å². The van der Waals surface area contributed by atoms with Crippen molar-refractivity contribution in [3.63, 3.8) is 0 Å². The number of rotatable bonds is 5. The van der Waals surface area contributed by atoms with Gasteiger partial charge in [0.05, 0.1) is 11.7 Å². The molecule has 1 N–H and O–H groups in total. The second kappa shape index (κ2) is 8.32. The molecule has 11 heteroatoms. The summed E-state index contributed by atoms with van der Waals surface area (Å²) < 4.78 is 38.3. The van der Waals surface area contributed by atoms with E-state index in [2.05, 4.69) is 19.2 Å².